The van der Waals surface area contributed by atoms with Gasteiger partial charge >= 0.3 is 0 Å². The van der Waals surface area contributed by atoms with Gasteiger partial charge in [0.1, 0.15) is 0 Å². The molecule has 0 aliphatic carbocycles. The molecule has 0 spiro atoms. The zero-order chi connectivity index (χ0) is 16.6. The highest BCUT2D eigenvalue weighted by Crippen LogP contribution is 2.28. The van der Waals surface area contributed by atoms with Crippen LogP contribution in [0.2, 0.25) is 5.02 Å². The predicted molar refractivity (Wildman–Crippen MR) is 94.4 cm³/mol. The molecule has 0 aliphatic rings. The molecule has 1 amide bonds. The van der Waals surface area contributed by atoms with Gasteiger partial charge in [0.05, 0.1) is 10.9 Å². The van der Waals surface area contributed by atoms with Gasteiger partial charge in [-0.2, -0.15) is 0 Å². The number of aryl methyl sites for hydroxylation is 2. The van der Waals surface area contributed by atoms with E-state index in [4.69, 9.17) is 11.6 Å². The van der Waals surface area contributed by atoms with Crippen molar-refractivity contribution in [3.63, 3.8) is 0 Å². The maximum Gasteiger partial charge on any atom is 0.259 e. The minimum Gasteiger partial charge on any atom is -0.348 e. The second-order valence-electron chi connectivity index (χ2n) is 5.31. The molecule has 0 saturated heterocycles. The number of rotatable bonds is 3. The van der Waals surface area contributed by atoms with Gasteiger partial charge in [0, 0.05) is 34.4 Å². The number of hydrogen-bond acceptors (Lipinski definition) is 3. The quantitative estimate of drug-likeness (QED) is 0.789. The molecule has 0 fully saturated rings. The van der Waals surface area contributed by atoms with E-state index in [-0.39, 0.29) is 11.5 Å². The van der Waals surface area contributed by atoms with E-state index in [2.05, 4.69) is 5.32 Å². The number of fused-ring (bicyclic) bond motifs is 1. The van der Waals surface area contributed by atoms with Gasteiger partial charge < -0.3 is 9.88 Å². The van der Waals surface area contributed by atoms with Crippen LogP contribution in [0.5, 0.6) is 0 Å². The number of nitrogens with one attached hydrogen (secondary N) is 1. The second-order valence-corrected chi connectivity index (χ2v) is 7.01. The first-order chi connectivity index (χ1) is 11.0. The van der Waals surface area contributed by atoms with Crippen LogP contribution in [0.4, 0.5) is 0 Å². The van der Waals surface area contributed by atoms with Crippen LogP contribution in [-0.4, -0.2) is 10.5 Å². The molecule has 0 bridgehead atoms. The molecule has 1 N–H and O–H groups in total. The summed E-state index contributed by atoms with van der Waals surface area (Å²) in [5.74, 6) is -0.230. The van der Waals surface area contributed by atoms with Gasteiger partial charge in [-0.3, -0.25) is 9.59 Å². The lowest BCUT2D eigenvalue weighted by molar-refractivity contribution is 0.0952. The lowest BCUT2D eigenvalue weighted by Gasteiger charge is -2.06. The molecule has 4 nitrogen and oxygen atoms in total. The zero-order valence-corrected chi connectivity index (χ0v) is 14.3. The van der Waals surface area contributed by atoms with E-state index in [0.29, 0.717) is 22.5 Å². The molecule has 0 radical (unpaired) electrons. The Labute approximate surface area is 142 Å². The minimum atomic E-state index is -0.230. The van der Waals surface area contributed by atoms with Crippen LogP contribution in [0.3, 0.4) is 0 Å². The molecule has 3 aromatic rings. The van der Waals surface area contributed by atoms with Gasteiger partial charge in [0.15, 0.2) is 0 Å². The molecule has 23 heavy (non-hydrogen) atoms. The Bertz CT molecular complexity index is 942. The van der Waals surface area contributed by atoms with Crippen molar-refractivity contribution in [2.45, 2.75) is 13.5 Å². The summed E-state index contributed by atoms with van der Waals surface area (Å²) in [5.41, 5.74) is 1.27. The van der Waals surface area contributed by atoms with Crippen molar-refractivity contribution in [3.05, 3.63) is 67.9 Å². The Balaban J connectivity index is 1.92. The number of aromatic nitrogens is 1. The third-order valence-corrected chi connectivity index (χ3v) is 5.01. The molecular weight excluding hydrogens is 332 g/mol. The van der Waals surface area contributed by atoms with Crippen molar-refractivity contribution in [2.75, 3.05) is 0 Å². The van der Waals surface area contributed by atoms with Gasteiger partial charge in [-0.15, -0.1) is 11.3 Å². The lowest BCUT2D eigenvalue weighted by Crippen LogP contribution is -2.25. The fraction of sp³-hybridized carbons (Fsp3) is 0.176. The van der Waals surface area contributed by atoms with Gasteiger partial charge in [-0.1, -0.05) is 23.7 Å². The number of carbonyl (C=O) groups is 1. The second kappa shape index (κ2) is 6.18. The Morgan fingerprint density at radius 2 is 1.96 bits per heavy atom. The molecule has 0 unspecified atom stereocenters. The monoisotopic (exact) mass is 346 g/mol. The maximum atomic E-state index is 12.6. The first kappa shape index (κ1) is 15.8. The van der Waals surface area contributed by atoms with Crippen molar-refractivity contribution in [1.82, 2.24) is 9.88 Å². The first-order valence-electron chi connectivity index (χ1n) is 7.08. The normalized spacial score (nSPS) is 10.9. The molecule has 118 valence electrons. The number of hydrogen-bond donors (Lipinski definition) is 1. The summed E-state index contributed by atoms with van der Waals surface area (Å²) in [7, 11) is 1.68. The SMILES string of the molecule is Cc1sc2ccn(C)c(=O)c2c1C(=O)NCc1ccc(Cl)cc1. The summed E-state index contributed by atoms with van der Waals surface area (Å²) in [6.07, 6.45) is 1.72. The van der Waals surface area contributed by atoms with Crippen molar-refractivity contribution < 1.29 is 4.79 Å². The van der Waals surface area contributed by atoms with Crippen molar-refractivity contribution >= 4 is 38.9 Å². The largest absolute Gasteiger partial charge is 0.348 e. The fourth-order valence-corrected chi connectivity index (χ4v) is 3.64. The lowest BCUT2D eigenvalue weighted by atomic mass is 10.1. The number of pyridine rings is 1. The van der Waals surface area contributed by atoms with E-state index < -0.39 is 0 Å². The van der Waals surface area contributed by atoms with Crippen molar-refractivity contribution in [1.29, 1.82) is 0 Å². The number of thiophene rings is 1. The number of benzene rings is 1. The smallest absolute Gasteiger partial charge is 0.259 e. The maximum absolute atomic E-state index is 12.6. The first-order valence-corrected chi connectivity index (χ1v) is 8.28. The Hall–Kier alpha value is -2.11. The van der Waals surface area contributed by atoms with E-state index in [9.17, 15) is 9.59 Å². The van der Waals surface area contributed by atoms with Crippen LogP contribution in [0.1, 0.15) is 20.8 Å². The van der Waals surface area contributed by atoms with Crippen LogP contribution in [0.25, 0.3) is 10.1 Å². The van der Waals surface area contributed by atoms with E-state index in [1.54, 1.807) is 25.4 Å². The molecule has 1 aromatic carbocycles. The van der Waals surface area contributed by atoms with Crippen LogP contribution in [0, 0.1) is 6.92 Å². The molecule has 6 heteroatoms. The summed E-state index contributed by atoms with van der Waals surface area (Å²) < 4.78 is 2.33. The summed E-state index contributed by atoms with van der Waals surface area (Å²) in [6, 6.07) is 9.15. The average Bonchev–Trinajstić information content (AvgIpc) is 2.87. The van der Waals surface area contributed by atoms with Gasteiger partial charge in [-0.25, -0.2) is 0 Å². The van der Waals surface area contributed by atoms with Crippen LogP contribution < -0.4 is 10.9 Å². The van der Waals surface area contributed by atoms with E-state index in [1.165, 1.54) is 15.9 Å². The number of carbonyl (C=O) groups excluding carboxylic acids is 1. The molecule has 0 saturated carbocycles. The Morgan fingerprint density at radius 1 is 1.26 bits per heavy atom. The molecule has 3 rings (SSSR count). The third kappa shape index (κ3) is 3.02. The van der Waals surface area contributed by atoms with Crippen molar-refractivity contribution in [2.24, 2.45) is 7.05 Å². The van der Waals surface area contributed by atoms with Gasteiger partial charge in [-0.05, 0) is 30.7 Å². The average molecular weight is 347 g/mol. The summed E-state index contributed by atoms with van der Waals surface area (Å²) in [6.45, 7) is 2.25. The van der Waals surface area contributed by atoms with Gasteiger partial charge in [0.25, 0.3) is 11.5 Å². The van der Waals surface area contributed by atoms with Crippen molar-refractivity contribution in [3.8, 4) is 0 Å². The minimum absolute atomic E-state index is 0.150. The van der Waals surface area contributed by atoms with E-state index in [0.717, 1.165) is 15.1 Å². The van der Waals surface area contributed by atoms with Crippen LogP contribution in [-0.2, 0) is 13.6 Å². The number of amides is 1. The van der Waals surface area contributed by atoms with E-state index >= 15 is 0 Å². The topological polar surface area (TPSA) is 51.1 Å². The highest BCUT2D eigenvalue weighted by atomic mass is 35.5. The van der Waals surface area contributed by atoms with Crippen LogP contribution in [0.15, 0.2) is 41.3 Å². The number of nitrogens with zero attached hydrogens (tertiary/aromatic N) is 1. The fourth-order valence-electron chi connectivity index (χ4n) is 2.47. The third-order valence-electron chi connectivity index (χ3n) is 3.69. The highest BCUT2D eigenvalue weighted by Gasteiger charge is 2.19. The summed E-state index contributed by atoms with van der Waals surface area (Å²) in [4.78, 5) is 25.8. The molecule has 0 aliphatic heterocycles. The summed E-state index contributed by atoms with van der Waals surface area (Å²) >= 11 is 7.31. The predicted octanol–water partition coefficient (Wildman–Crippen LogP) is 3.49. The molecule has 0 atom stereocenters. The zero-order valence-electron chi connectivity index (χ0n) is 12.7. The highest BCUT2D eigenvalue weighted by molar-refractivity contribution is 7.19. The standard InChI is InChI=1S/C17H15ClN2O2S/c1-10-14(15-13(23-10)7-8-20(2)17(15)22)16(21)19-9-11-3-5-12(18)6-4-11/h3-8H,9H2,1-2H3,(H,19,21). The Kier molecular flexibility index (Phi) is 4.24. The molecule has 2 heterocycles. The van der Waals surface area contributed by atoms with Gasteiger partial charge in [0.2, 0.25) is 0 Å². The van der Waals surface area contributed by atoms with Crippen LogP contribution >= 0.6 is 22.9 Å². The molecular formula is C17H15ClN2O2S. The van der Waals surface area contributed by atoms with E-state index in [1.807, 2.05) is 25.1 Å². The summed E-state index contributed by atoms with van der Waals surface area (Å²) in [5, 5.41) is 4.02. The Morgan fingerprint density at radius 3 is 2.65 bits per heavy atom. The number of halogens is 1. The molecule has 2 aromatic heterocycles.